The van der Waals surface area contributed by atoms with Gasteiger partial charge in [-0.15, -0.1) is 0 Å². The smallest absolute Gasteiger partial charge is 0.239 e. The lowest BCUT2D eigenvalue weighted by Gasteiger charge is -2.39. The van der Waals surface area contributed by atoms with Gasteiger partial charge in [0.25, 0.3) is 0 Å². The Morgan fingerprint density at radius 1 is 1.57 bits per heavy atom. The van der Waals surface area contributed by atoms with Crippen molar-refractivity contribution in [1.82, 2.24) is 15.2 Å². The molecule has 1 fully saturated rings. The van der Waals surface area contributed by atoms with Crippen molar-refractivity contribution in [3.05, 3.63) is 30.1 Å². The summed E-state index contributed by atoms with van der Waals surface area (Å²) in [7, 11) is 0. The molecule has 0 spiro atoms. The molecule has 1 aliphatic heterocycles. The summed E-state index contributed by atoms with van der Waals surface area (Å²) in [6, 6.07) is 3.63. The molecule has 0 aliphatic carbocycles. The Hall–Kier alpha value is -1.50. The van der Waals surface area contributed by atoms with Gasteiger partial charge in [0.2, 0.25) is 5.91 Å². The van der Waals surface area contributed by atoms with Gasteiger partial charge in [0.05, 0.1) is 13.2 Å². The van der Waals surface area contributed by atoms with Gasteiger partial charge in [-0.25, -0.2) is 0 Å². The fourth-order valence-electron chi connectivity index (χ4n) is 2.63. The topological polar surface area (TPSA) is 80.5 Å². The third kappa shape index (κ3) is 4.00. The Morgan fingerprint density at radius 2 is 2.33 bits per heavy atom. The lowest BCUT2D eigenvalue weighted by atomic mass is 10.0. The fraction of sp³-hybridized carbons (Fsp3) is 0.600. The van der Waals surface area contributed by atoms with Crippen LogP contribution in [0.2, 0.25) is 0 Å². The number of carbonyl (C=O) groups excluding carboxylic acids is 1. The Morgan fingerprint density at radius 3 is 3.00 bits per heavy atom. The molecule has 1 aromatic rings. The van der Waals surface area contributed by atoms with E-state index in [-0.39, 0.29) is 18.0 Å². The molecule has 3 N–H and O–H groups in total. The summed E-state index contributed by atoms with van der Waals surface area (Å²) in [5.41, 5.74) is 7.05. The molecule has 6 heteroatoms. The van der Waals surface area contributed by atoms with Crippen LogP contribution in [0.25, 0.3) is 0 Å². The van der Waals surface area contributed by atoms with Crippen molar-refractivity contribution in [3.8, 4) is 0 Å². The van der Waals surface area contributed by atoms with E-state index in [2.05, 4.69) is 15.2 Å². The normalized spacial score (nSPS) is 21.0. The lowest BCUT2D eigenvalue weighted by Crippen LogP contribution is -2.56. The first-order valence-electron chi connectivity index (χ1n) is 7.49. The SMILES string of the molecule is CCCNC(=O)C1COCCN1C(CN)c1ccncc1. The number of rotatable bonds is 6. The molecule has 2 unspecified atom stereocenters. The number of hydrogen-bond acceptors (Lipinski definition) is 5. The molecule has 2 heterocycles. The van der Waals surface area contributed by atoms with E-state index in [0.717, 1.165) is 12.0 Å². The quantitative estimate of drug-likeness (QED) is 0.788. The maximum Gasteiger partial charge on any atom is 0.239 e. The van der Waals surface area contributed by atoms with Gasteiger partial charge in [-0.1, -0.05) is 6.92 Å². The van der Waals surface area contributed by atoms with Gasteiger partial charge >= 0.3 is 0 Å². The average Bonchev–Trinajstić information content (AvgIpc) is 2.55. The van der Waals surface area contributed by atoms with Gasteiger partial charge in [0.1, 0.15) is 6.04 Å². The molecular formula is C15H24N4O2. The molecule has 1 aromatic heterocycles. The number of aromatic nitrogens is 1. The molecule has 0 saturated carbocycles. The average molecular weight is 292 g/mol. The number of pyridine rings is 1. The number of nitrogens with one attached hydrogen (secondary N) is 1. The van der Waals surface area contributed by atoms with Gasteiger partial charge in [0.15, 0.2) is 0 Å². The van der Waals surface area contributed by atoms with Crippen LogP contribution >= 0.6 is 0 Å². The number of ether oxygens (including phenoxy) is 1. The number of hydrogen-bond donors (Lipinski definition) is 2. The molecule has 1 amide bonds. The van der Waals surface area contributed by atoms with Crippen molar-refractivity contribution in [2.24, 2.45) is 5.73 Å². The zero-order valence-electron chi connectivity index (χ0n) is 12.5. The zero-order chi connectivity index (χ0) is 15.1. The van der Waals surface area contributed by atoms with Crippen LogP contribution in [0.4, 0.5) is 0 Å². The fourth-order valence-corrected chi connectivity index (χ4v) is 2.63. The highest BCUT2D eigenvalue weighted by Gasteiger charge is 2.34. The first-order valence-corrected chi connectivity index (χ1v) is 7.49. The molecule has 1 saturated heterocycles. The molecule has 2 rings (SSSR count). The number of amides is 1. The Balaban J connectivity index is 2.14. The van der Waals surface area contributed by atoms with E-state index in [4.69, 9.17) is 10.5 Å². The van der Waals surface area contributed by atoms with Crippen LogP contribution in [-0.4, -0.2) is 54.7 Å². The molecule has 0 bridgehead atoms. The van der Waals surface area contributed by atoms with E-state index in [0.29, 0.717) is 32.8 Å². The van der Waals surface area contributed by atoms with Crippen LogP contribution in [0.15, 0.2) is 24.5 Å². The summed E-state index contributed by atoms with van der Waals surface area (Å²) in [6.45, 7) is 4.92. The summed E-state index contributed by atoms with van der Waals surface area (Å²) < 4.78 is 5.49. The van der Waals surface area contributed by atoms with Gasteiger partial charge in [-0.05, 0) is 24.1 Å². The van der Waals surface area contributed by atoms with Crippen LogP contribution in [-0.2, 0) is 9.53 Å². The molecular weight excluding hydrogens is 268 g/mol. The van der Waals surface area contributed by atoms with Gasteiger partial charge < -0.3 is 15.8 Å². The Bertz CT molecular complexity index is 441. The maximum atomic E-state index is 12.3. The van der Waals surface area contributed by atoms with Crippen molar-refractivity contribution < 1.29 is 9.53 Å². The molecule has 2 atom stereocenters. The first kappa shape index (κ1) is 15.9. The standard InChI is InChI=1S/C15H24N4O2/c1-2-5-18-15(20)14-11-21-9-8-19(14)13(10-16)12-3-6-17-7-4-12/h3-4,6-7,13-14H,2,5,8-11,16H2,1H3,(H,18,20). The zero-order valence-corrected chi connectivity index (χ0v) is 12.5. The van der Waals surface area contributed by atoms with E-state index >= 15 is 0 Å². The molecule has 1 aliphatic rings. The molecule has 116 valence electrons. The summed E-state index contributed by atoms with van der Waals surface area (Å²) in [6.07, 6.45) is 4.43. The third-order valence-electron chi connectivity index (χ3n) is 3.74. The predicted octanol–water partition coefficient (Wildman–Crippen LogP) is 0.308. The van der Waals surface area contributed by atoms with Crippen molar-refractivity contribution in [2.45, 2.75) is 25.4 Å². The van der Waals surface area contributed by atoms with Crippen molar-refractivity contribution in [2.75, 3.05) is 32.8 Å². The summed E-state index contributed by atoms with van der Waals surface area (Å²) >= 11 is 0. The number of nitrogens with two attached hydrogens (primary N) is 1. The first-order chi connectivity index (χ1) is 10.3. The van der Waals surface area contributed by atoms with E-state index in [9.17, 15) is 4.79 Å². The second kappa shape index (κ2) is 8.07. The van der Waals surface area contributed by atoms with Crippen molar-refractivity contribution >= 4 is 5.91 Å². The molecule has 21 heavy (non-hydrogen) atoms. The minimum Gasteiger partial charge on any atom is -0.378 e. The molecule has 0 radical (unpaired) electrons. The minimum atomic E-state index is -0.285. The van der Waals surface area contributed by atoms with E-state index in [1.807, 2.05) is 19.1 Å². The number of carbonyl (C=O) groups is 1. The lowest BCUT2D eigenvalue weighted by molar-refractivity contribution is -0.134. The summed E-state index contributed by atoms with van der Waals surface area (Å²) in [5, 5.41) is 2.95. The van der Waals surface area contributed by atoms with Gasteiger partial charge in [-0.2, -0.15) is 0 Å². The monoisotopic (exact) mass is 292 g/mol. The summed E-state index contributed by atoms with van der Waals surface area (Å²) in [5.74, 6) is 0.0176. The van der Waals surface area contributed by atoms with Gasteiger partial charge in [0, 0.05) is 38.1 Å². The van der Waals surface area contributed by atoms with Crippen molar-refractivity contribution in [3.63, 3.8) is 0 Å². The van der Waals surface area contributed by atoms with E-state index in [1.54, 1.807) is 12.4 Å². The van der Waals surface area contributed by atoms with Crippen molar-refractivity contribution in [1.29, 1.82) is 0 Å². The largest absolute Gasteiger partial charge is 0.378 e. The van der Waals surface area contributed by atoms with Crippen LogP contribution in [0.3, 0.4) is 0 Å². The predicted molar refractivity (Wildman–Crippen MR) is 80.6 cm³/mol. The second-order valence-corrected chi connectivity index (χ2v) is 5.15. The highest BCUT2D eigenvalue weighted by molar-refractivity contribution is 5.82. The van der Waals surface area contributed by atoms with E-state index in [1.165, 1.54) is 0 Å². The molecule has 6 nitrogen and oxygen atoms in total. The highest BCUT2D eigenvalue weighted by atomic mass is 16.5. The van der Waals surface area contributed by atoms with Crippen LogP contribution < -0.4 is 11.1 Å². The second-order valence-electron chi connectivity index (χ2n) is 5.15. The summed E-state index contributed by atoms with van der Waals surface area (Å²) in [4.78, 5) is 18.5. The van der Waals surface area contributed by atoms with Crippen LogP contribution in [0.5, 0.6) is 0 Å². The Kier molecular flexibility index (Phi) is 6.10. The minimum absolute atomic E-state index is 0.00859. The Labute approximate surface area is 125 Å². The van der Waals surface area contributed by atoms with Crippen LogP contribution in [0, 0.1) is 0 Å². The number of nitrogens with zero attached hydrogens (tertiary/aromatic N) is 2. The maximum absolute atomic E-state index is 12.3. The van der Waals surface area contributed by atoms with Crippen LogP contribution in [0.1, 0.15) is 24.9 Å². The highest BCUT2D eigenvalue weighted by Crippen LogP contribution is 2.23. The number of morpholine rings is 1. The molecule has 0 aromatic carbocycles. The van der Waals surface area contributed by atoms with Gasteiger partial charge in [-0.3, -0.25) is 14.7 Å². The third-order valence-corrected chi connectivity index (χ3v) is 3.74. The van der Waals surface area contributed by atoms with E-state index < -0.39 is 0 Å².